The Labute approximate surface area is 123 Å². The number of esters is 1. The van der Waals surface area contributed by atoms with Crippen molar-refractivity contribution in [3.8, 4) is 0 Å². The van der Waals surface area contributed by atoms with Crippen molar-refractivity contribution in [2.24, 2.45) is 23.7 Å². The van der Waals surface area contributed by atoms with E-state index in [2.05, 4.69) is 4.74 Å². The molecule has 2 rings (SSSR count). The second-order valence-electron chi connectivity index (χ2n) is 5.67. The van der Waals surface area contributed by atoms with Crippen molar-refractivity contribution in [3.63, 3.8) is 0 Å². The summed E-state index contributed by atoms with van der Waals surface area (Å²) in [6, 6.07) is 0. The largest absolute Gasteiger partial charge is 0.481 e. The fourth-order valence-corrected chi connectivity index (χ4v) is 3.46. The van der Waals surface area contributed by atoms with Gasteiger partial charge in [0.1, 0.15) is 6.54 Å². The minimum Gasteiger partial charge on any atom is -0.481 e. The first-order chi connectivity index (χ1) is 9.99. The number of allylic oxidation sites excluding steroid dienone is 2. The predicted octanol–water partition coefficient (Wildman–Crippen LogP) is 0.921. The van der Waals surface area contributed by atoms with E-state index in [1.165, 1.54) is 12.0 Å². The van der Waals surface area contributed by atoms with E-state index in [0.717, 1.165) is 0 Å². The number of amides is 1. The third kappa shape index (κ3) is 2.94. The summed E-state index contributed by atoms with van der Waals surface area (Å²) in [6.07, 6.45) is 5.26. The Morgan fingerprint density at radius 1 is 1.24 bits per heavy atom. The van der Waals surface area contributed by atoms with Crippen LogP contribution in [0.5, 0.6) is 0 Å². The quantitative estimate of drug-likeness (QED) is 0.582. The maximum absolute atomic E-state index is 12.7. The SMILES string of the molecule is CCCN(CC(=O)OC)C(=O)C1C2C=CC(C2)C1C(=O)O. The number of rotatable bonds is 6. The second-order valence-corrected chi connectivity index (χ2v) is 5.67. The molecule has 6 heteroatoms. The topological polar surface area (TPSA) is 83.9 Å². The van der Waals surface area contributed by atoms with Crippen molar-refractivity contribution >= 4 is 17.8 Å². The summed E-state index contributed by atoms with van der Waals surface area (Å²) in [5.74, 6) is -2.99. The summed E-state index contributed by atoms with van der Waals surface area (Å²) in [6.45, 7) is 2.22. The van der Waals surface area contributed by atoms with Crippen LogP contribution in [0.1, 0.15) is 19.8 Å². The highest BCUT2D eigenvalue weighted by molar-refractivity contribution is 5.89. The summed E-state index contributed by atoms with van der Waals surface area (Å²) in [7, 11) is 1.28. The number of carbonyl (C=O) groups excluding carboxylic acids is 2. The van der Waals surface area contributed by atoms with Crippen LogP contribution in [0.15, 0.2) is 12.2 Å². The minimum absolute atomic E-state index is 0.0272. The first-order valence-corrected chi connectivity index (χ1v) is 7.26. The second kappa shape index (κ2) is 6.28. The molecule has 0 aliphatic heterocycles. The molecule has 1 N–H and O–H groups in total. The van der Waals surface area contributed by atoms with Crippen LogP contribution in [0.2, 0.25) is 0 Å². The van der Waals surface area contributed by atoms with Crippen LogP contribution < -0.4 is 0 Å². The molecule has 2 aliphatic carbocycles. The average molecular weight is 295 g/mol. The molecule has 0 aromatic heterocycles. The van der Waals surface area contributed by atoms with E-state index >= 15 is 0 Å². The lowest BCUT2D eigenvalue weighted by molar-refractivity contribution is -0.154. The zero-order valence-electron chi connectivity index (χ0n) is 12.3. The summed E-state index contributed by atoms with van der Waals surface area (Å²) < 4.78 is 4.61. The number of fused-ring (bicyclic) bond motifs is 2. The standard InChI is InChI=1S/C15H21NO5/c1-3-6-16(8-11(17)21-2)14(18)12-9-4-5-10(7-9)13(12)15(19)20/h4-5,9-10,12-13H,3,6-8H2,1-2H3,(H,19,20). The fourth-order valence-electron chi connectivity index (χ4n) is 3.46. The van der Waals surface area contributed by atoms with E-state index in [4.69, 9.17) is 0 Å². The summed E-state index contributed by atoms with van der Waals surface area (Å²) in [5.41, 5.74) is 0. The fraction of sp³-hybridized carbons (Fsp3) is 0.667. The number of hydrogen-bond donors (Lipinski definition) is 1. The highest BCUT2D eigenvalue weighted by Crippen LogP contribution is 2.48. The van der Waals surface area contributed by atoms with Crippen molar-refractivity contribution in [3.05, 3.63) is 12.2 Å². The van der Waals surface area contributed by atoms with Gasteiger partial charge in [0.15, 0.2) is 0 Å². The lowest BCUT2D eigenvalue weighted by Gasteiger charge is -2.30. The maximum Gasteiger partial charge on any atom is 0.325 e. The maximum atomic E-state index is 12.7. The van der Waals surface area contributed by atoms with Gasteiger partial charge < -0.3 is 14.7 Å². The number of carboxylic acids is 1. The van der Waals surface area contributed by atoms with Gasteiger partial charge in [0, 0.05) is 6.54 Å². The molecule has 116 valence electrons. The Kier molecular flexibility index (Phi) is 4.65. The van der Waals surface area contributed by atoms with Gasteiger partial charge in [0.05, 0.1) is 18.9 Å². The van der Waals surface area contributed by atoms with Gasteiger partial charge in [-0.2, -0.15) is 0 Å². The smallest absolute Gasteiger partial charge is 0.325 e. The summed E-state index contributed by atoms with van der Waals surface area (Å²) >= 11 is 0. The van der Waals surface area contributed by atoms with Gasteiger partial charge in [-0.05, 0) is 24.7 Å². The molecule has 2 bridgehead atoms. The van der Waals surface area contributed by atoms with Crippen molar-refractivity contribution in [1.29, 1.82) is 0 Å². The Balaban J connectivity index is 2.17. The molecule has 1 amide bonds. The van der Waals surface area contributed by atoms with Crippen LogP contribution in [-0.4, -0.2) is 48.1 Å². The molecule has 2 aliphatic rings. The molecule has 1 saturated carbocycles. The molecule has 0 aromatic rings. The molecule has 0 heterocycles. The molecule has 21 heavy (non-hydrogen) atoms. The van der Waals surface area contributed by atoms with E-state index < -0.39 is 23.8 Å². The van der Waals surface area contributed by atoms with E-state index in [1.54, 1.807) is 0 Å². The van der Waals surface area contributed by atoms with Crippen molar-refractivity contribution in [2.45, 2.75) is 19.8 Å². The van der Waals surface area contributed by atoms with Crippen molar-refractivity contribution < 1.29 is 24.2 Å². The van der Waals surface area contributed by atoms with Gasteiger partial charge in [-0.25, -0.2) is 0 Å². The Morgan fingerprint density at radius 2 is 1.86 bits per heavy atom. The summed E-state index contributed by atoms with van der Waals surface area (Å²) in [5, 5.41) is 9.40. The number of carbonyl (C=O) groups is 3. The lowest BCUT2D eigenvalue weighted by atomic mass is 9.82. The van der Waals surface area contributed by atoms with Crippen molar-refractivity contribution in [2.75, 3.05) is 20.2 Å². The van der Waals surface area contributed by atoms with Crippen LogP contribution in [0.25, 0.3) is 0 Å². The first kappa shape index (κ1) is 15.5. The highest BCUT2D eigenvalue weighted by atomic mass is 16.5. The average Bonchev–Trinajstić information content (AvgIpc) is 3.06. The molecule has 4 atom stereocenters. The van der Waals surface area contributed by atoms with Gasteiger partial charge in [0.2, 0.25) is 5.91 Å². The number of hydrogen-bond acceptors (Lipinski definition) is 4. The molecule has 1 fully saturated rings. The van der Waals surface area contributed by atoms with E-state index in [0.29, 0.717) is 19.4 Å². The third-order valence-electron chi connectivity index (χ3n) is 4.38. The van der Waals surface area contributed by atoms with Gasteiger partial charge in [0.25, 0.3) is 0 Å². The number of methoxy groups -OCH3 is 1. The number of carboxylic acid groups (broad SMARTS) is 1. The van der Waals surface area contributed by atoms with Gasteiger partial charge in [-0.3, -0.25) is 14.4 Å². The van der Waals surface area contributed by atoms with Crippen molar-refractivity contribution in [1.82, 2.24) is 4.90 Å². The zero-order valence-corrected chi connectivity index (χ0v) is 12.3. The third-order valence-corrected chi connectivity index (χ3v) is 4.38. The Bertz CT molecular complexity index is 473. The molecule has 0 aromatic carbocycles. The van der Waals surface area contributed by atoms with E-state index in [-0.39, 0.29) is 24.3 Å². The first-order valence-electron chi connectivity index (χ1n) is 7.26. The van der Waals surface area contributed by atoms with E-state index in [9.17, 15) is 19.5 Å². The monoisotopic (exact) mass is 295 g/mol. The van der Waals surface area contributed by atoms with Gasteiger partial charge in [-0.1, -0.05) is 19.1 Å². The zero-order chi connectivity index (χ0) is 15.6. The highest BCUT2D eigenvalue weighted by Gasteiger charge is 2.52. The molecular weight excluding hydrogens is 274 g/mol. The van der Waals surface area contributed by atoms with Crippen LogP contribution in [0.4, 0.5) is 0 Å². The van der Waals surface area contributed by atoms with Crippen LogP contribution >= 0.6 is 0 Å². The molecular formula is C15H21NO5. The minimum atomic E-state index is -0.931. The summed E-state index contributed by atoms with van der Waals surface area (Å²) in [4.78, 5) is 37.1. The van der Waals surface area contributed by atoms with Crippen LogP contribution in [0, 0.1) is 23.7 Å². The lowest BCUT2D eigenvalue weighted by Crippen LogP contribution is -2.45. The van der Waals surface area contributed by atoms with E-state index in [1.807, 2.05) is 19.1 Å². The number of nitrogens with zero attached hydrogens (tertiary/aromatic N) is 1. The molecule has 4 unspecified atom stereocenters. The number of ether oxygens (including phenoxy) is 1. The molecule has 0 spiro atoms. The van der Waals surface area contributed by atoms with Gasteiger partial charge in [-0.15, -0.1) is 0 Å². The molecule has 0 radical (unpaired) electrons. The van der Waals surface area contributed by atoms with Crippen LogP contribution in [0.3, 0.4) is 0 Å². The Morgan fingerprint density at radius 3 is 2.38 bits per heavy atom. The number of aliphatic carboxylic acids is 1. The normalized spacial score (nSPS) is 29.4. The van der Waals surface area contributed by atoms with Gasteiger partial charge >= 0.3 is 11.9 Å². The molecule has 6 nitrogen and oxygen atoms in total. The van der Waals surface area contributed by atoms with Crippen LogP contribution in [-0.2, 0) is 19.1 Å². The Hall–Kier alpha value is -1.85. The molecule has 0 saturated heterocycles. The predicted molar refractivity (Wildman–Crippen MR) is 74.2 cm³/mol.